The number of hydrogen-bond donors (Lipinski definition) is 1. The summed E-state index contributed by atoms with van der Waals surface area (Å²) in [6, 6.07) is 9.00. The van der Waals surface area contributed by atoms with E-state index in [1.807, 2.05) is 6.07 Å². The average molecular weight is 279 g/mol. The molecule has 2 atom stereocenters. The normalized spacial score (nSPS) is 20.4. The zero-order valence-electron chi connectivity index (χ0n) is 12.0. The molecule has 1 aromatic rings. The lowest BCUT2D eigenvalue weighted by molar-refractivity contribution is 0.367. The molecule has 1 fully saturated rings. The van der Waals surface area contributed by atoms with Gasteiger partial charge in [0.25, 0.3) is 0 Å². The highest BCUT2D eigenvalue weighted by atomic mass is 32.2. The second kappa shape index (κ2) is 7.81. The maximum absolute atomic E-state index is 5.48. The molecule has 0 saturated carbocycles. The van der Waals surface area contributed by atoms with Crippen LogP contribution in [-0.2, 0) is 6.42 Å². The van der Waals surface area contributed by atoms with Gasteiger partial charge in [-0.1, -0.05) is 25.1 Å². The van der Waals surface area contributed by atoms with E-state index in [0.29, 0.717) is 6.04 Å². The standard InChI is InChI=1S/C16H25NOS/c1-3-9-17-15(14-8-10-19-12-14)11-13-6-4-5-7-16(13)18-2/h4-7,14-15,17H,3,8-12H2,1-2H3. The predicted molar refractivity (Wildman–Crippen MR) is 84.2 cm³/mol. The average Bonchev–Trinajstić information content (AvgIpc) is 2.98. The maximum atomic E-state index is 5.48. The largest absolute Gasteiger partial charge is 0.496 e. The Hall–Kier alpha value is -0.670. The van der Waals surface area contributed by atoms with Gasteiger partial charge in [-0.2, -0.15) is 11.8 Å². The second-order valence-electron chi connectivity index (χ2n) is 5.20. The minimum absolute atomic E-state index is 0.589. The molecular formula is C16H25NOS. The SMILES string of the molecule is CCCNC(Cc1ccccc1OC)C1CCSC1. The van der Waals surface area contributed by atoms with Gasteiger partial charge >= 0.3 is 0 Å². The lowest BCUT2D eigenvalue weighted by Gasteiger charge is -2.25. The molecule has 2 rings (SSSR count). The van der Waals surface area contributed by atoms with Crippen LogP contribution in [0.1, 0.15) is 25.3 Å². The van der Waals surface area contributed by atoms with Crippen molar-refractivity contribution in [1.82, 2.24) is 5.32 Å². The van der Waals surface area contributed by atoms with Gasteiger partial charge < -0.3 is 10.1 Å². The van der Waals surface area contributed by atoms with Crippen molar-refractivity contribution >= 4 is 11.8 Å². The van der Waals surface area contributed by atoms with Crippen molar-refractivity contribution in [2.45, 2.75) is 32.2 Å². The van der Waals surface area contributed by atoms with Crippen LogP contribution in [-0.4, -0.2) is 31.2 Å². The van der Waals surface area contributed by atoms with Gasteiger partial charge in [-0.05, 0) is 54.9 Å². The van der Waals surface area contributed by atoms with E-state index in [2.05, 4.69) is 42.2 Å². The van der Waals surface area contributed by atoms with Gasteiger partial charge in [0.1, 0.15) is 5.75 Å². The molecule has 106 valence electrons. The Labute approximate surface area is 121 Å². The van der Waals surface area contributed by atoms with Gasteiger partial charge in [-0.25, -0.2) is 0 Å². The summed E-state index contributed by atoms with van der Waals surface area (Å²) in [5, 5.41) is 3.74. The van der Waals surface area contributed by atoms with E-state index in [1.54, 1.807) is 7.11 Å². The van der Waals surface area contributed by atoms with Crippen molar-refractivity contribution < 1.29 is 4.74 Å². The highest BCUT2D eigenvalue weighted by molar-refractivity contribution is 7.99. The predicted octanol–water partition coefficient (Wildman–Crippen LogP) is 3.36. The van der Waals surface area contributed by atoms with Gasteiger partial charge in [0.2, 0.25) is 0 Å². The number of para-hydroxylation sites is 1. The molecule has 19 heavy (non-hydrogen) atoms. The summed E-state index contributed by atoms with van der Waals surface area (Å²) in [4.78, 5) is 0. The van der Waals surface area contributed by atoms with Crippen LogP contribution < -0.4 is 10.1 Å². The topological polar surface area (TPSA) is 21.3 Å². The third kappa shape index (κ3) is 4.15. The van der Waals surface area contributed by atoms with Crippen LogP contribution in [0.5, 0.6) is 5.75 Å². The van der Waals surface area contributed by atoms with Crippen molar-refractivity contribution in [3.8, 4) is 5.75 Å². The van der Waals surface area contributed by atoms with Crippen LogP contribution in [0.15, 0.2) is 24.3 Å². The van der Waals surface area contributed by atoms with Crippen molar-refractivity contribution in [2.24, 2.45) is 5.92 Å². The van der Waals surface area contributed by atoms with Gasteiger partial charge in [-0.3, -0.25) is 0 Å². The van der Waals surface area contributed by atoms with E-state index in [4.69, 9.17) is 4.74 Å². The molecule has 0 bridgehead atoms. The molecule has 1 N–H and O–H groups in total. The minimum atomic E-state index is 0.589. The fourth-order valence-corrected chi connectivity index (χ4v) is 4.05. The Morgan fingerprint density at radius 1 is 1.42 bits per heavy atom. The van der Waals surface area contributed by atoms with Gasteiger partial charge in [0, 0.05) is 6.04 Å². The molecule has 1 aromatic carbocycles. The number of ether oxygens (including phenoxy) is 1. The van der Waals surface area contributed by atoms with E-state index < -0.39 is 0 Å². The summed E-state index contributed by atoms with van der Waals surface area (Å²) in [5.41, 5.74) is 1.33. The Morgan fingerprint density at radius 3 is 2.95 bits per heavy atom. The van der Waals surface area contributed by atoms with Crippen molar-refractivity contribution in [2.75, 3.05) is 25.2 Å². The third-order valence-electron chi connectivity index (χ3n) is 3.82. The molecule has 2 unspecified atom stereocenters. The van der Waals surface area contributed by atoms with E-state index in [1.165, 1.54) is 29.9 Å². The number of methoxy groups -OCH3 is 1. The number of rotatable bonds is 7. The molecule has 1 aliphatic heterocycles. The fourth-order valence-electron chi connectivity index (χ4n) is 2.71. The first-order chi connectivity index (χ1) is 9.35. The van der Waals surface area contributed by atoms with Gasteiger partial charge in [0.05, 0.1) is 7.11 Å². The van der Waals surface area contributed by atoms with Gasteiger partial charge in [0.15, 0.2) is 0 Å². The van der Waals surface area contributed by atoms with Crippen LogP contribution >= 0.6 is 11.8 Å². The molecule has 0 spiro atoms. The summed E-state index contributed by atoms with van der Waals surface area (Å²) in [6.45, 7) is 3.34. The lowest BCUT2D eigenvalue weighted by atomic mass is 9.92. The number of benzene rings is 1. The molecule has 3 heteroatoms. The van der Waals surface area contributed by atoms with Crippen molar-refractivity contribution in [1.29, 1.82) is 0 Å². The van der Waals surface area contributed by atoms with Crippen molar-refractivity contribution in [3.05, 3.63) is 29.8 Å². The molecule has 0 radical (unpaired) electrons. The van der Waals surface area contributed by atoms with Crippen LogP contribution in [0.3, 0.4) is 0 Å². The summed E-state index contributed by atoms with van der Waals surface area (Å²) >= 11 is 2.09. The number of thioether (sulfide) groups is 1. The van der Waals surface area contributed by atoms with Crippen LogP contribution in [0.4, 0.5) is 0 Å². The van der Waals surface area contributed by atoms with Gasteiger partial charge in [-0.15, -0.1) is 0 Å². The third-order valence-corrected chi connectivity index (χ3v) is 5.01. The second-order valence-corrected chi connectivity index (χ2v) is 6.35. The first-order valence-corrected chi connectivity index (χ1v) is 8.43. The van der Waals surface area contributed by atoms with E-state index >= 15 is 0 Å². The zero-order valence-corrected chi connectivity index (χ0v) is 12.8. The van der Waals surface area contributed by atoms with Crippen molar-refractivity contribution in [3.63, 3.8) is 0 Å². The molecule has 2 nitrogen and oxygen atoms in total. The fraction of sp³-hybridized carbons (Fsp3) is 0.625. The minimum Gasteiger partial charge on any atom is -0.496 e. The van der Waals surface area contributed by atoms with E-state index in [-0.39, 0.29) is 0 Å². The summed E-state index contributed by atoms with van der Waals surface area (Å²) in [6.07, 6.45) is 3.62. The summed E-state index contributed by atoms with van der Waals surface area (Å²) in [5.74, 6) is 4.45. The molecule has 1 saturated heterocycles. The molecule has 1 heterocycles. The quantitative estimate of drug-likeness (QED) is 0.827. The molecule has 0 amide bonds. The first-order valence-electron chi connectivity index (χ1n) is 7.28. The number of nitrogens with one attached hydrogen (secondary N) is 1. The van der Waals surface area contributed by atoms with Crippen LogP contribution in [0.25, 0.3) is 0 Å². The van der Waals surface area contributed by atoms with Crippen LogP contribution in [0, 0.1) is 5.92 Å². The molecule has 1 aliphatic rings. The highest BCUT2D eigenvalue weighted by Crippen LogP contribution is 2.29. The Bertz CT molecular complexity index is 377. The molecule has 0 aromatic heterocycles. The van der Waals surface area contributed by atoms with E-state index in [9.17, 15) is 0 Å². The summed E-state index contributed by atoms with van der Waals surface area (Å²) < 4.78 is 5.48. The van der Waals surface area contributed by atoms with Crippen LogP contribution in [0.2, 0.25) is 0 Å². The van der Waals surface area contributed by atoms with E-state index in [0.717, 1.165) is 24.6 Å². The zero-order chi connectivity index (χ0) is 13.5. The summed E-state index contributed by atoms with van der Waals surface area (Å²) in [7, 11) is 1.76. The molecular weight excluding hydrogens is 254 g/mol. The highest BCUT2D eigenvalue weighted by Gasteiger charge is 2.25. The number of hydrogen-bond acceptors (Lipinski definition) is 3. The molecule has 0 aliphatic carbocycles. The maximum Gasteiger partial charge on any atom is 0.122 e. The first kappa shape index (κ1) is 14.7. The Morgan fingerprint density at radius 2 is 2.26 bits per heavy atom. The smallest absolute Gasteiger partial charge is 0.122 e. The Balaban J connectivity index is 2.05. The Kier molecular flexibility index (Phi) is 6.05. The lowest BCUT2D eigenvalue weighted by Crippen LogP contribution is -2.38. The monoisotopic (exact) mass is 279 g/mol.